The Kier molecular flexibility index (Phi) is 8.22. The number of nitro benzene ring substituents is 1. The van der Waals surface area contributed by atoms with Gasteiger partial charge >= 0.3 is 5.97 Å². The molecule has 1 atom stereocenters. The van der Waals surface area contributed by atoms with Crippen LogP contribution in [0.2, 0.25) is 0 Å². The number of nitrogens with one attached hydrogen (secondary N) is 1. The number of rotatable bonds is 10. The molecule has 8 heteroatoms. The van der Waals surface area contributed by atoms with Crippen molar-refractivity contribution in [3.05, 3.63) is 75.3 Å². The number of ether oxygens (including phenoxy) is 1. The SMILES string of the molecule is CC[C@@H](C)c1ccc(C(=O)COC(=O)CCNC(=O)c2ccc([N+](=O)[O-])cc2)cc1. The lowest BCUT2D eigenvalue weighted by Gasteiger charge is -2.10. The summed E-state index contributed by atoms with van der Waals surface area (Å²) in [5.74, 6) is -0.957. The Morgan fingerprint density at radius 2 is 1.63 bits per heavy atom. The van der Waals surface area contributed by atoms with Gasteiger partial charge in [-0.2, -0.15) is 0 Å². The number of esters is 1. The van der Waals surface area contributed by atoms with Gasteiger partial charge in [-0.25, -0.2) is 0 Å². The lowest BCUT2D eigenvalue weighted by atomic mass is 9.97. The number of carbonyl (C=O) groups excluding carboxylic acids is 3. The summed E-state index contributed by atoms with van der Waals surface area (Å²) in [6.45, 7) is 3.86. The Labute approximate surface area is 174 Å². The van der Waals surface area contributed by atoms with Crippen LogP contribution < -0.4 is 5.32 Å². The van der Waals surface area contributed by atoms with Crippen LogP contribution in [0.1, 0.15) is 58.9 Å². The van der Waals surface area contributed by atoms with Gasteiger partial charge in [-0.1, -0.05) is 38.1 Å². The predicted octanol–water partition coefficient (Wildman–Crippen LogP) is 3.65. The Bertz CT molecular complexity index is 906. The number of hydrogen-bond acceptors (Lipinski definition) is 6. The summed E-state index contributed by atoms with van der Waals surface area (Å²) in [5.41, 5.74) is 1.75. The molecule has 2 aromatic carbocycles. The summed E-state index contributed by atoms with van der Waals surface area (Å²) < 4.78 is 4.97. The Morgan fingerprint density at radius 1 is 1.03 bits per heavy atom. The molecule has 0 bridgehead atoms. The molecule has 0 aliphatic heterocycles. The second-order valence-corrected chi connectivity index (χ2v) is 6.83. The summed E-state index contributed by atoms with van der Waals surface area (Å²) in [5, 5.41) is 13.1. The fraction of sp³-hybridized carbons (Fsp3) is 0.318. The molecule has 1 amide bonds. The van der Waals surface area contributed by atoms with Gasteiger partial charge in [0.15, 0.2) is 12.4 Å². The second kappa shape index (κ2) is 10.8. The van der Waals surface area contributed by atoms with E-state index in [1.165, 1.54) is 24.3 Å². The van der Waals surface area contributed by atoms with Gasteiger partial charge in [-0.05, 0) is 30.0 Å². The average Bonchev–Trinajstić information content (AvgIpc) is 2.76. The third kappa shape index (κ3) is 6.51. The maximum atomic E-state index is 12.1. The first-order valence-corrected chi connectivity index (χ1v) is 9.63. The standard InChI is InChI=1S/C22H24N2O6/c1-3-15(2)16-4-6-17(7-5-16)20(25)14-30-21(26)12-13-23-22(27)18-8-10-19(11-9-18)24(28)29/h4-11,15H,3,12-14H2,1-2H3,(H,23,27)/t15-/m1/s1. The normalized spacial score (nSPS) is 11.4. The number of nitro groups is 1. The molecule has 0 aliphatic rings. The van der Waals surface area contributed by atoms with E-state index >= 15 is 0 Å². The Hall–Kier alpha value is -3.55. The zero-order valence-electron chi connectivity index (χ0n) is 16.9. The maximum absolute atomic E-state index is 12.1. The van der Waals surface area contributed by atoms with Crippen LogP contribution in [0.3, 0.4) is 0 Å². The largest absolute Gasteiger partial charge is 0.457 e. The Morgan fingerprint density at radius 3 is 2.20 bits per heavy atom. The highest BCUT2D eigenvalue weighted by Crippen LogP contribution is 2.19. The van der Waals surface area contributed by atoms with Gasteiger partial charge < -0.3 is 10.1 Å². The minimum Gasteiger partial charge on any atom is -0.457 e. The van der Waals surface area contributed by atoms with Crippen molar-refractivity contribution in [2.24, 2.45) is 0 Å². The van der Waals surface area contributed by atoms with Gasteiger partial charge in [0.05, 0.1) is 11.3 Å². The van der Waals surface area contributed by atoms with Gasteiger partial charge in [-0.15, -0.1) is 0 Å². The zero-order chi connectivity index (χ0) is 22.1. The molecule has 0 saturated heterocycles. The van der Waals surface area contributed by atoms with Crippen molar-refractivity contribution in [2.75, 3.05) is 13.2 Å². The molecule has 0 aromatic heterocycles. The quantitative estimate of drug-likeness (QED) is 0.276. The highest BCUT2D eigenvalue weighted by Gasteiger charge is 2.13. The van der Waals surface area contributed by atoms with Crippen molar-refractivity contribution in [3.8, 4) is 0 Å². The summed E-state index contributed by atoms with van der Waals surface area (Å²) >= 11 is 0. The van der Waals surface area contributed by atoms with Crippen LogP contribution in [0, 0.1) is 10.1 Å². The van der Waals surface area contributed by atoms with Crippen molar-refractivity contribution < 1.29 is 24.0 Å². The minimum atomic E-state index is -0.608. The van der Waals surface area contributed by atoms with Gasteiger partial charge in [-0.3, -0.25) is 24.5 Å². The highest BCUT2D eigenvalue weighted by molar-refractivity contribution is 5.98. The molecule has 2 rings (SSSR count). The third-order valence-corrected chi connectivity index (χ3v) is 4.73. The monoisotopic (exact) mass is 412 g/mol. The lowest BCUT2D eigenvalue weighted by Crippen LogP contribution is -2.27. The number of nitrogens with zero attached hydrogens (tertiary/aromatic N) is 1. The van der Waals surface area contributed by atoms with E-state index in [2.05, 4.69) is 19.2 Å². The number of benzene rings is 2. The van der Waals surface area contributed by atoms with Crippen LogP contribution in [0.5, 0.6) is 0 Å². The van der Waals surface area contributed by atoms with Crippen LogP contribution in [0.15, 0.2) is 48.5 Å². The van der Waals surface area contributed by atoms with Crippen LogP contribution in [-0.4, -0.2) is 35.7 Å². The van der Waals surface area contributed by atoms with E-state index in [4.69, 9.17) is 4.74 Å². The summed E-state index contributed by atoms with van der Waals surface area (Å²) in [4.78, 5) is 46.0. The lowest BCUT2D eigenvalue weighted by molar-refractivity contribution is -0.384. The third-order valence-electron chi connectivity index (χ3n) is 4.73. The first-order chi connectivity index (χ1) is 14.3. The molecule has 158 valence electrons. The number of ketones is 1. The fourth-order valence-electron chi connectivity index (χ4n) is 2.65. The van der Waals surface area contributed by atoms with E-state index in [9.17, 15) is 24.5 Å². The minimum absolute atomic E-state index is 0.0203. The van der Waals surface area contributed by atoms with Crippen molar-refractivity contribution >= 4 is 23.3 Å². The average molecular weight is 412 g/mol. The molecule has 8 nitrogen and oxygen atoms in total. The molecule has 0 aliphatic carbocycles. The van der Waals surface area contributed by atoms with Crippen molar-refractivity contribution in [3.63, 3.8) is 0 Å². The molecule has 0 spiro atoms. The van der Waals surface area contributed by atoms with E-state index in [-0.39, 0.29) is 36.6 Å². The number of hydrogen-bond donors (Lipinski definition) is 1. The predicted molar refractivity (Wildman–Crippen MR) is 110 cm³/mol. The molecular weight excluding hydrogens is 388 g/mol. The summed E-state index contributed by atoms with van der Waals surface area (Å²) in [6.07, 6.45) is 0.907. The first-order valence-electron chi connectivity index (χ1n) is 9.63. The molecular formula is C22H24N2O6. The second-order valence-electron chi connectivity index (χ2n) is 6.83. The van der Waals surface area contributed by atoms with Crippen molar-refractivity contribution in [1.29, 1.82) is 0 Å². The summed E-state index contributed by atoms with van der Waals surface area (Å²) in [7, 11) is 0. The smallest absolute Gasteiger partial charge is 0.308 e. The van der Waals surface area contributed by atoms with E-state index in [0.717, 1.165) is 12.0 Å². The molecule has 0 radical (unpaired) electrons. The number of carbonyl (C=O) groups is 3. The first kappa shape index (κ1) is 22.7. The van der Waals surface area contributed by atoms with Crippen molar-refractivity contribution in [2.45, 2.75) is 32.6 Å². The van der Waals surface area contributed by atoms with E-state index in [0.29, 0.717) is 11.5 Å². The summed E-state index contributed by atoms with van der Waals surface area (Å²) in [6, 6.07) is 12.4. The van der Waals surface area contributed by atoms with Crippen LogP contribution in [-0.2, 0) is 9.53 Å². The molecule has 0 unspecified atom stereocenters. The van der Waals surface area contributed by atoms with Crippen LogP contribution >= 0.6 is 0 Å². The molecule has 0 saturated carbocycles. The molecule has 0 heterocycles. The van der Waals surface area contributed by atoms with Gasteiger partial charge in [0.1, 0.15) is 0 Å². The van der Waals surface area contributed by atoms with E-state index < -0.39 is 16.8 Å². The Balaban J connectivity index is 1.73. The molecule has 2 aromatic rings. The fourth-order valence-corrected chi connectivity index (χ4v) is 2.65. The number of amides is 1. The van der Waals surface area contributed by atoms with Crippen LogP contribution in [0.4, 0.5) is 5.69 Å². The van der Waals surface area contributed by atoms with Gasteiger partial charge in [0.25, 0.3) is 11.6 Å². The highest BCUT2D eigenvalue weighted by atomic mass is 16.6. The zero-order valence-corrected chi connectivity index (χ0v) is 16.9. The van der Waals surface area contributed by atoms with E-state index in [1.54, 1.807) is 12.1 Å². The molecule has 30 heavy (non-hydrogen) atoms. The van der Waals surface area contributed by atoms with Crippen LogP contribution in [0.25, 0.3) is 0 Å². The van der Waals surface area contributed by atoms with Crippen molar-refractivity contribution in [1.82, 2.24) is 5.32 Å². The van der Waals surface area contributed by atoms with Gasteiger partial charge in [0, 0.05) is 29.8 Å². The number of non-ortho nitro benzene ring substituents is 1. The van der Waals surface area contributed by atoms with E-state index in [1.807, 2.05) is 12.1 Å². The molecule has 0 fully saturated rings. The number of Topliss-reactive ketones (excluding diaryl/α,β-unsaturated/α-hetero) is 1. The molecule has 1 N–H and O–H groups in total. The topological polar surface area (TPSA) is 116 Å². The maximum Gasteiger partial charge on any atom is 0.308 e. The van der Waals surface area contributed by atoms with Gasteiger partial charge in [0.2, 0.25) is 0 Å².